The van der Waals surface area contributed by atoms with Gasteiger partial charge in [-0.3, -0.25) is 4.79 Å². The maximum Gasteiger partial charge on any atom is 0.412 e. The molecule has 43 heavy (non-hydrogen) atoms. The second kappa shape index (κ2) is 13.5. The predicted octanol–water partition coefficient (Wildman–Crippen LogP) is 5.02. The van der Waals surface area contributed by atoms with Crippen molar-refractivity contribution >= 4 is 52.6 Å². The van der Waals surface area contributed by atoms with Crippen molar-refractivity contribution in [3.8, 4) is 22.6 Å². The molecule has 0 saturated heterocycles. The summed E-state index contributed by atoms with van der Waals surface area (Å²) in [5, 5.41) is 28.6. The Morgan fingerprint density at radius 2 is 1.93 bits per heavy atom. The Morgan fingerprint density at radius 1 is 1.12 bits per heavy atom. The summed E-state index contributed by atoms with van der Waals surface area (Å²) in [6, 6.07) is 13.1. The van der Waals surface area contributed by atoms with Gasteiger partial charge in [0, 0.05) is 46.8 Å². The first-order valence-electron chi connectivity index (χ1n) is 12.7. The van der Waals surface area contributed by atoms with E-state index in [9.17, 15) is 9.59 Å². The van der Waals surface area contributed by atoms with E-state index in [1.807, 2.05) is 12.3 Å². The van der Waals surface area contributed by atoms with Gasteiger partial charge in [0.15, 0.2) is 5.15 Å². The molecule has 0 spiro atoms. The lowest BCUT2D eigenvalue weighted by Crippen LogP contribution is -2.29. The normalized spacial score (nSPS) is 11.8. The van der Waals surface area contributed by atoms with E-state index in [1.165, 1.54) is 35.5 Å². The lowest BCUT2D eigenvalue weighted by Gasteiger charge is -2.17. The molecule has 0 saturated carbocycles. The van der Waals surface area contributed by atoms with Gasteiger partial charge < -0.3 is 15.4 Å². The highest BCUT2D eigenvalue weighted by atomic mass is 35.5. The van der Waals surface area contributed by atoms with Gasteiger partial charge in [-0.1, -0.05) is 35.3 Å². The van der Waals surface area contributed by atoms with Crippen molar-refractivity contribution in [2.75, 3.05) is 7.05 Å². The molecule has 2 aromatic carbocycles. The van der Waals surface area contributed by atoms with Crippen molar-refractivity contribution in [3.63, 3.8) is 0 Å². The van der Waals surface area contributed by atoms with E-state index in [0.29, 0.717) is 39.7 Å². The lowest BCUT2D eigenvalue weighted by molar-refractivity contribution is -0.117. The van der Waals surface area contributed by atoms with E-state index in [1.54, 1.807) is 54.6 Å². The van der Waals surface area contributed by atoms with Crippen LogP contribution in [0.5, 0.6) is 5.75 Å². The third-order valence-electron chi connectivity index (χ3n) is 6.07. The molecule has 0 bridgehead atoms. The zero-order valence-electron chi connectivity index (χ0n) is 22.7. The standard InChI is InChI=1S/C28H23Cl2N9O3S/c1-16-14-43-26(33-16)13-22(34-25(40)10-5-18-11-19(29)6-9-24(18)39-15-32-37-38-39)23-12-21(27(30)36-35-23)17-3-7-20(8-4-17)42-28(41)31-2/h3-12,14-15,22H,13H2,1-2H3,(H,31,41)(H,34,40). The van der Waals surface area contributed by atoms with E-state index in [4.69, 9.17) is 27.9 Å². The maximum atomic E-state index is 13.2. The van der Waals surface area contributed by atoms with Crippen LogP contribution in [0.3, 0.4) is 0 Å². The molecule has 0 radical (unpaired) electrons. The third kappa shape index (κ3) is 7.57. The molecule has 0 aliphatic rings. The molecule has 2 amide bonds. The van der Waals surface area contributed by atoms with Crippen molar-refractivity contribution in [1.82, 2.24) is 46.0 Å². The van der Waals surface area contributed by atoms with Crippen LogP contribution in [-0.4, -0.2) is 54.4 Å². The minimum Gasteiger partial charge on any atom is -0.410 e. The highest BCUT2D eigenvalue weighted by Crippen LogP contribution is 2.30. The van der Waals surface area contributed by atoms with Crippen LogP contribution in [-0.2, 0) is 11.2 Å². The smallest absolute Gasteiger partial charge is 0.410 e. The molecular weight excluding hydrogens is 613 g/mol. The van der Waals surface area contributed by atoms with Crippen molar-refractivity contribution in [2.45, 2.75) is 19.4 Å². The second-order valence-electron chi connectivity index (χ2n) is 9.08. The molecule has 1 atom stereocenters. The van der Waals surface area contributed by atoms with E-state index < -0.39 is 12.1 Å². The fourth-order valence-corrected chi connectivity index (χ4v) is 5.25. The van der Waals surface area contributed by atoms with Crippen LogP contribution < -0.4 is 15.4 Å². The number of aryl methyl sites for hydroxylation is 1. The lowest BCUT2D eigenvalue weighted by atomic mass is 10.0. The maximum absolute atomic E-state index is 13.2. The van der Waals surface area contributed by atoms with Crippen LogP contribution >= 0.6 is 34.5 Å². The van der Waals surface area contributed by atoms with Crippen LogP contribution in [0.2, 0.25) is 10.2 Å². The van der Waals surface area contributed by atoms with Crippen LogP contribution in [0.25, 0.3) is 22.9 Å². The van der Waals surface area contributed by atoms with E-state index in [2.05, 4.69) is 41.3 Å². The number of thiazole rings is 1. The molecule has 218 valence electrons. The summed E-state index contributed by atoms with van der Waals surface area (Å²) in [6.45, 7) is 1.90. The van der Waals surface area contributed by atoms with Gasteiger partial charge >= 0.3 is 6.09 Å². The van der Waals surface area contributed by atoms with Crippen LogP contribution in [0.15, 0.2) is 66.3 Å². The molecule has 12 nitrogen and oxygen atoms in total. The molecule has 15 heteroatoms. The highest BCUT2D eigenvalue weighted by Gasteiger charge is 2.21. The second-order valence-corrected chi connectivity index (χ2v) is 10.8. The third-order valence-corrected chi connectivity index (χ3v) is 7.57. The molecule has 5 rings (SSSR count). The van der Waals surface area contributed by atoms with Crippen molar-refractivity contribution < 1.29 is 14.3 Å². The Labute approximate surface area is 259 Å². The van der Waals surface area contributed by atoms with Gasteiger partial charge in [-0.05, 0) is 65.4 Å². The number of halogens is 2. The van der Waals surface area contributed by atoms with Crippen molar-refractivity contribution in [2.24, 2.45) is 0 Å². The molecule has 2 N–H and O–H groups in total. The number of tetrazole rings is 1. The number of benzene rings is 2. The van der Waals surface area contributed by atoms with Gasteiger partial charge in [-0.2, -0.15) is 9.78 Å². The van der Waals surface area contributed by atoms with Crippen LogP contribution in [0.4, 0.5) is 4.79 Å². The summed E-state index contributed by atoms with van der Waals surface area (Å²) in [5.74, 6) is -0.0182. The zero-order valence-corrected chi connectivity index (χ0v) is 25.1. The number of aromatic nitrogens is 7. The topological polar surface area (TPSA) is 150 Å². The monoisotopic (exact) mass is 635 g/mol. The van der Waals surface area contributed by atoms with E-state index in [0.717, 1.165) is 16.3 Å². The summed E-state index contributed by atoms with van der Waals surface area (Å²) in [6.07, 6.45) is 4.27. The Kier molecular flexibility index (Phi) is 9.35. The highest BCUT2D eigenvalue weighted by molar-refractivity contribution is 7.09. The largest absolute Gasteiger partial charge is 0.412 e. The molecule has 0 aliphatic heterocycles. The Bertz CT molecular complexity index is 1780. The Balaban J connectivity index is 1.42. The van der Waals surface area contributed by atoms with Crippen molar-refractivity contribution in [3.05, 3.63) is 98.4 Å². The van der Waals surface area contributed by atoms with E-state index in [-0.39, 0.29) is 11.1 Å². The van der Waals surface area contributed by atoms with Gasteiger partial charge in [-0.15, -0.1) is 21.5 Å². The zero-order chi connectivity index (χ0) is 30.3. The quantitative estimate of drug-likeness (QED) is 0.213. The van der Waals surface area contributed by atoms with Gasteiger partial charge in [0.2, 0.25) is 5.91 Å². The summed E-state index contributed by atoms with van der Waals surface area (Å²) in [4.78, 5) is 29.3. The van der Waals surface area contributed by atoms with E-state index >= 15 is 0 Å². The molecule has 3 heterocycles. The average molecular weight is 637 g/mol. The molecular formula is C28H23Cl2N9O3S. The first kappa shape index (κ1) is 29.8. The van der Waals surface area contributed by atoms with Gasteiger partial charge in [0.25, 0.3) is 0 Å². The summed E-state index contributed by atoms with van der Waals surface area (Å²) >= 11 is 14.1. The SMILES string of the molecule is CNC(=O)Oc1ccc(-c2cc(C(Cc3nc(C)cs3)NC(=O)C=Cc3cc(Cl)ccc3-n3cnnn3)nnc2Cl)cc1. The molecule has 5 aromatic rings. The first-order chi connectivity index (χ1) is 20.8. The number of rotatable bonds is 9. The molecule has 0 fully saturated rings. The number of carbonyl (C=O) groups is 2. The fraction of sp³-hybridized carbons (Fsp3) is 0.143. The first-order valence-corrected chi connectivity index (χ1v) is 14.4. The van der Waals surface area contributed by atoms with Gasteiger partial charge in [0.1, 0.15) is 12.1 Å². The Hall–Kier alpha value is -4.72. The number of ether oxygens (including phenoxy) is 1. The average Bonchev–Trinajstić information content (AvgIpc) is 3.68. The molecule has 1 unspecified atom stereocenters. The van der Waals surface area contributed by atoms with Gasteiger partial charge in [0.05, 0.1) is 22.4 Å². The van der Waals surface area contributed by atoms with Crippen LogP contribution in [0, 0.1) is 6.92 Å². The van der Waals surface area contributed by atoms with Crippen molar-refractivity contribution in [1.29, 1.82) is 0 Å². The number of carbonyl (C=O) groups excluding carboxylic acids is 2. The number of nitrogens with zero attached hydrogens (tertiary/aromatic N) is 7. The number of hydrogen-bond donors (Lipinski definition) is 2. The number of nitrogens with one attached hydrogen (secondary N) is 2. The fourth-order valence-electron chi connectivity index (χ4n) is 4.05. The number of hydrogen-bond acceptors (Lipinski definition) is 10. The number of amides is 2. The summed E-state index contributed by atoms with van der Waals surface area (Å²) in [5.41, 5.74) is 3.96. The minimum absolute atomic E-state index is 0.176. The minimum atomic E-state index is -0.583. The summed E-state index contributed by atoms with van der Waals surface area (Å²) < 4.78 is 6.64. The summed E-state index contributed by atoms with van der Waals surface area (Å²) in [7, 11) is 1.48. The predicted molar refractivity (Wildman–Crippen MR) is 162 cm³/mol. The molecule has 0 aliphatic carbocycles. The molecule has 3 aromatic heterocycles. The Morgan fingerprint density at radius 3 is 2.63 bits per heavy atom. The van der Waals surface area contributed by atoms with Gasteiger partial charge in [-0.25, -0.2) is 9.78 Å². The van der Waals surface area contributed by atoms with Crippen LogP contribution in [0.1, 0.15) is 28.0 Å².